The molecule has 0 amide bonds. The molecule has 0 saturated carbocycles. The van der Waals surface area contributed by atoms with Crippen molar-refractivity contribution in [3.8, 4) is 12.0 Å². The summed E-state index contributed by atoms with van der Waals surface area (Å²) in [7, 11) is 0. The Morgan fingerprint density at radius 3 is 2.55 bits per heavy atom. The number of aliphatic hydroxyl groups excluding tert-OH is 1. The maximum absolute atomic E-state index is 8.28. The molecule has 64 valence electrons. The Morgan fingerprint density at radius 1 is 1.27 bits per heavy atom. The molecule has 1 unspecified atom stereocenters. The first-order valence-corrected chi connectivity index (χ1v) is 4.45. The van der Waals surface area contributed by atoms with Crippen molar-refractivity contribution >= 4 is 0 Å². The lowest BCUT2D eigenvalue weighted by Crippen LogP contribution is -1.89. The summed E-state index contributed by atoms with van der Waals surface area (Å²) in [6.07, 6.45) is 8.21. The molecule has 1 atom stereocenters. The van der Waals surface area contributed by atoms with E-state index in [1.54, 1.807) is 0 Å². The molecule has 0 fully saturated rings. The van der Waals surface area contributed by atoms with Gasteiger partial charge < -0.3 is 5.11 Å². The monoisotopic (exact) mass is 154 g/mol. The molecular weight excluding hydrogens is 136 g/mol. The first-order chi connectivity index (χ1) is 5.31. The molecule has 0 aliphatic carbocycles. The fraction of sp³-hybridized carbons (Fsp3) is 0.800. The van der Waals surface area contributed by atoms with Gasteiger partial charge in [-0.05, 0) is 6.42 Å². The lowest BCUT2D eigenvalue weighted by Gasteiger charge is -2.01. The summed E-state index contributed by atoms with van der Waals surface area (Å²) in [6, 6.07) is 0. The van der Waals surface area contributed by atoms with Crippen LogP contribution in [0.2, 0.25) is 0 Å². The van der Waals surface area contributed by atoms with E-state index in [0.29, 0.717) is 5.92 Å². The predicted octanol–water partition coefficient (Wildman–Crippen LogP) is 2.93. The average Bonchev–Trinajstić information content (AvgIpc) is 1.99. The fourth-order valence-corrected chi connectivity index (χ4v) is 1.06. The van der Waals surface area contributed by atoms with Gasteiger partial charge in [0.25, 0.3) is 0 Å². The van der Waals surface area contributed by atoms with Gasteiger partial charge in [0, 0.05) is 5.92 Å². The normalized spacial score (nSPS) is 11.8. The van der Waals surface area contributed by atoms with Gasteiger partial charge in [0.1, 0.15) is 6.11 Å². The summed E-state index contributed by atoms with van der Waals surface area (Å²) >= 11 is 0. The SMILES string of the molecule is CCCCCCC(C)C#CO. The maximum Gasteiger partial charge on any atom is 0.107 e. The van der Waals surface area contributed by atoms with Crippen molar-refractivity contribution in [2.75, 3.05) is 0 Å². The number of unbranched alkanes of at least 4 members (excludes halogenated alkanes) is 3. The van der Waals surface area contributed by atoms with Crippen molar-refractivity contribution in [3.63, 3.8) is 0 Å². The molecule has 0 aromatic rings. The minimum atomic E-state index is 0.358. The van der Waals surface area contributed by atoms with Crippen LogP contribution >= 0.6 is 0 Å². The van der Waals surface area contributed by atoms with Crippen LogP contribution in [0.3, 0.4) is 0 Å². The number of aliphatic hydroxyl groups is 1. The summed E-state index contributed by atoms with van der Waals surface area (Å²) in [5.41, 5.74) is 0. The highest BCUT2D eigenvalue weighted by Crippen LogP contribution is 2.08. The van der Waals surface area contributed by atoms with Crippen LogP contribution in [-0.4, -0.2) is 5.11 Å². The van der Waals surface area contributed by atoms with Crippen molar-refractivity contribution < 1.29 is 5.11 Å². The molecule has 0 rings (SSSR count). The molecule has 0 aliphatic heterocycles. The molecule has 1 heteroatoms. The second-order valence-electron chi connectivity index (χ2n) is 3.01. The Morgan fingerprint density at radius 2 is 2.00 bits per heavy atom. The summed E-state index contributed by atoms with van der Waals surface area (Å²) in [4.78, 5) is 0. The van der Waals surface area contributed by atoms with Crippen LogP contribution in [-0.2, 0) is 0 Å². The van der Waals surface area contributed by atoms with Crippen LogP contribution in [0.4, 0.5) is 0 Å². The molecule has 0 bridgehead atoms. The summed E-state index contributed by atoms with van der Waals surface area (Å²) in [5.74, 6) is 3.09. The first kappa shape index (κ1) is 10.4. The summed E-state index contributed by atoms with van der Waals surface area (Å²) in [5, 5.41) is 8.28. The zero-order valence-corrected chi connectivity index (χ0v) is 7.56. The predicted molar refractivity (Wildman–Crippen MR) is 47.6 cm³/mol. The molecule has 1 N–H and O–H groups in total. The third kappa shape index (κ3) is 7.25. The highest BCUT2D eigenvalue weighted by Gasteiger charge is 1.95. The Bertz CT molecular complexity index is 130. The second-order valence-corrected chi connectivity index (χ2v) is 3.01. The number of rotatable bonds is 5. The van der Waals surface area contributed by atoms with Crippen LogP contribution in [0.5, 0.6) is 0 Å². The second kappa shape index (κ2) is 7.47. The van der Waals surface area contributed by atoms with Gasteiger partial charge in [-0.1, -0.05) is 45.5 Å². The first-order valence-electron chi connectivity index (χ1n) is 4.45. The van der Waals surface area contributed by atoms with Crippen molar-refractivity contribution in [2.45, 2.75) is 46.0 Å². The highest BCUT2D eigenvalue weighted by molar-refractivity contribution is 4.94. The largest absolute Gasteiger partial charge is 0.462 e. The van der Waals surface area contributed by atoms with E-state index in [9.17, 15) is 0 Å². The summed E-state index contributed by atoms with van der Waals surface area (Å²) in [6.45, 7) is 4.26. The Balaban J connectivity index is 3.15. The molecule has 0 saturated heterocycles. The zero-order valence-electron chi connectivity index (χ0n) is 7.56. The van der Waals surface area contributed by atoms with Gasteiger partial charge in [-0.25, -0.2) is 0 Å². The van der Waals surface area contributed by atoms with Gasteiger partial charge in [-0.15, -0.1) is 0 Å². The van der Waals surface area contributed by atoms with Crippen LogP contribution in [0, 0.1) is 17.9 Å². The minimum absolute atomic E-state index is 0.358. The standard InChI is InChI=1S/C10H18O/c1-3-4-5-6-7-10(2)8-9-11/h10-11H,3-7H2,1-2H3. The van der Waals surface area contributed by atoms with Gasteiger partial charge in [-0.3, -0.25) is 0 Å². The summed E-state index contributed by atoms with van der Waals surface area (Å²) < 4.78 is 0. The Hall–Kier alpha value is -0.640. The number of hydrogen-bond acceptors (Lipinski definition) is 1. The van der Waals surface area contributed by atoms with Crippen LogP contribution in [0.1, 0.15) is 46.0 Å². The van der Waals surface area contributed by atoms with E-state index in [4.69, 9.17) is 5.11 Å². The van der Waals surface area contributed by atoms with Crippen molar-refractivity contribution in [3.05, 3.63) is 0 Å². The van der Waals surface area contributed by atoms with E-state index < -0.39 is 0 Å². The molecule has 0 heterocycles. The van der Waals surface area contributed by atoms with E-state index in [0.717, 1.165) is 6.42 Å². The van der Waals surface area contributed by atoms with Crippen LogP contribution in [0.15, 0.2) is 0 Å². The molecule has 0 radical (unpaired) electrons. The lowest BCUT2D eigenvalue weighted by molar-refractivity contribution is 0.509. The van der Waals surface area contributed by atoms with E-state index >= 15 is 0 Å². The molecule has 0 spiro atoms. The van der Waals surface area contributed by atoms with Gasteiger partial charge in [-0.2, -0.15) is 0 Å². The van der Waals surface area contributed by atoms with Crippen molar-refractivity contribution in [1.29, 1.82) is 0 Å². The van der Waals surface area contributed by atoms with Crippen LogP contribution in [0.25, 0.3) is 0 Å². The van der Waals surface area contributed by atoms with Crippen molar-refractivity contribution in [1.82, 2.24) is 0 Å². The van der Waals surface area contributed by atoms with Gasteiger partial charge in [0.05, 0.1) is 0 Å². The molecule has 0 aromatic heterocycles. The minimum Gasteiger partial charge on any atom is -0.462 e. The van der Waals surface area contributed by atoms with Gasteiger partial charge in [0.15, 0.2) is 0 Å². The molecular formula is C10H18O. The number of hydrogen-bond donors (Lipinski definition) is 1. The Labute approximate surface area is 69.8 Å². The molecule has 11 heavy (non-hydrogen) atoms. The topological polar surface area (TPSA) is 20.2 Å². The van der Waals surface area contributed by atoms with Gasteiger partial charge >= 0.3 is 0 Å². The maximum atomic E-state index is 8.28. The lowest BCUT2D eigenvalue weighted by atomic mass is 10.0. The quantitative estimate of drug-likeness (QED) is 0.477. The highest BCUT2D eigenvalue weighted by atomic mass is 16.2. The van der Waals surface area contributed by atoms with E-state index in [1.165, 1.54) is 25.7 Å². The third-order valence-corrected chi connectivity index (χ3v) is 1.80. The smallest absolute Gasteiger partial charge is 0.107 e. The molecule has 1 nitrogen and oxygen atoms in total. The van der Waals surface area contributed by atoms with Gasteiger partial charge in [0.2, 0.25) is 0 Å². The van der Waals surface area contributed by atoms with E-state index in [1.807, 2.05) is 6.11 Å². The van der Waals surface area contributed by atoms with Crippen LogP contribution < -0.4 is 0 Å². The third-order valence-electron chi connectivity index (χ3n) is 1.80. The molecule has 0 aliphatic rings. The molecule has 0 aromatic carbocycles. The van der Waals surface area contributed by atoms with E-state index in [2.05, 4.69) is 19.8 Å². The Kier molecular flexibility index (Phi) is 7.03. The van der Waals surface area contributed by atoms with Crippen molar-refractivity contribution in [2.24, 2.45) is 5.92 Å². The zero-order chi connectivity index (χ0) is 8.53. The van der Waals surface area contributed by atoms with E-state index in [-0.39, 0.29) is 0 Å². The fourth-order valence-electron chi connectivity index (χ4n) is 1.06. The average molecular weight is 154 g/mol.